The van der Waals surface area contributed by atoms with Crippen molar-refractivity contribution in [3.63, 3.8) is 0 Å². The van der Waals surface area contributed by atoms with Crippen LogP contribution in [0.25, 0.3) is 0 Å². The molecule has 9 heteroatoms. The number of carbonyl (C=O) groups is 1. The second kappa shape index (κ2) is 12.0. The highest BCUT2D eigenvalue weighted by Gasteiger charge is 2.21. The SMILES string of the molecule is C=CCN(C)S(=O)(=O)c1ccc(NC(=O)NCC(C)(C)CCCC(OC)OC)cc1. The standard InChI is InChI=1S/C21H35N3O5S/c1-7-15-24(4)30(26,27)18-12-10-17(11-13-18)23-20(25)22-16-21(2,3)14-8-9-19(28-5)29-6/h7,10-13,19H,1,8-9,14-16H2,2-6H3,(H2,22,23,25). The molecule has 0 unspecified atom stereocenters. The van der Waals surface area contributed by atoms with Crippen molar-refractivity contribution < 1.29 is 22.7 Å². The Kier molecular flexibility index (Phi) is 10.5. The van der Waals surface area contributed by atoms with Gasteiger partial charge < -0.3 is 20.1 Å². The number of hydrogen-bond donors (Lipinski definition) is 2. The summed E-state index contributed by atoms with van der Waals surface area (Å²) in [6.07, 6.45) is 3.92. The minimum atomic E-state index is -3.58. The Bertz CT molecular complexity index is 774. The van der Waals surface area contributed by atoms with Crippen LogP contribution in [0.3, 0.4) is 0 Å². The van der Waals surface area contributed by atoms with Crippen LogP contribution in [-0.2, 0) is 19.5 Å². The number of hydrogen-bond acceptors (Lipinski definition) is 5. The molecule has 0 bridgehead atoms. The van der Waals surface area contributed by atoms with Crippen molar-refractivity contribution in [2.75, 3.05) is 39.7 Å². The first kappa shape index (κ1) is 26.1. The van der Waals surface area contributed by atoms with Crippen LogP contribution in [0.2, 0.25) is 0 Å². The molecule has 0 aliphatic carbocycles. The summed E-state index contributed by atoms with van der Waals surface area (Å²) in [5, 5.41) is 5.59. The van der Waals surface area contributed by atoms with E-state index in [1.807, 2.05) is 0 Å². The quantitative estimate of drug-likeness (QED) is 0.361. The molecule has 8 nitrogen and oxygen atoms in total. The molecule has 2 N–H and O–H groups in total. The second-order valence-corrected chi connectivity index (χ2v) is 9.91. The first-order chi connectivity index (χ1) is 14.1. The highest BCUT2D eigenvalue weighted by molar-refractivity contribution is 7.89. The van der Waals surface area contributed by atoms with E-state index < -0.39 is 10.0 Å². The molecule has 0 radical (unpaired) electrons. The first-order valence-corrected chi connectivity index (χ1v) is 11.3. The van der Waals surface area contributed by atoms with E-state index in [1.165, 1.54) is 29.6 Å². The number of carbonyl (C=O) groups excluding carboxylic acids is 1. The predicted molar refractivity (Wildman–Crippen MR) is 119 cm³/mol. The molecule has 0 atom stereocenters. The summed E-state index contributed by atoms with van der Waals surface area (Å²) in [5.74, 6) is 0. The maximum absolute atomic E-state index is 12.4. The predicted octanol–water partition coefficient (Wildman–Crippen LogP) is 3.43. The summed E-state index contributed by atoms with van der Waals surface area (Å²) in [7, 11) is 1.15. The zero-order chi connectivity index (χ0) is 22.8. The van der Waals surface area contributed by atoms with Gasteiger partial charge in [0.2, 0.25) is 10.0 Å². The molecule has 1 rings (SSSR count). The molecule has 1 aromatic carbocycles. The highest BCUT2D eigenvalue weighted by Crippen LogP contribution is 2.23. The van der Waals surface area contributed by atoms with Crippen molar-refractivity contribution >= 4 is 21.7 Å². The molecular formula is C21H35N3O5S. The van der Waals surface area contributed by atoms with E-state index >= 15 is 0 Å². The molecule has 0 aliphatic heterocycles. The minimum absolute atomic E-state index is 0.0863. The number of ether oxygens (including phenoxy) is 2. The summed E-state index contributed by atoms with van der Waals surface area (Å²) >= 11 is 0. The fourth-order valence-corrected chi connectivity index (χ4v) is 3.97. The Morgan fingerprint density at radius 1 is 1.23 bits per heavy atom. The van der Waals surface area contributed by atoms with Gasteiger partial charge in [-0.2, -0.15) is 4.31 Å². The second-order valence-electron chi connectivity index (χ2n) is 7.86. The van der Waals surface area contributed by atoms with Crippen LogP contribution in [-0.4, -0.2) is 59.4 Å². The lowest BCUT2D eigenvalue weighted by atomic mass is 9.87. The Hall–Kier alpha value is -1.94. The fraction of sp³-hybridized carbons (Fsp3) is 0.571. The maximum Gasteiger partial charge on any atom is 0.319 e. The van der Waals surface area contributed by atoms with Crippen LogP contribution in [0.5, 0.6) is 0 Å². The lowest BCUT2D eigenvalue weighted by molar-refractivity contribution is -0.107. The molecule has 0 saturated carbocycles. The number of benzene rings is 1. The zero-order valence-electron chi connectivity index (χ0n) is 18.6. The molecule has 0 aliphatic rings. The van der Waals surface area contributed by atoms with Crippen molar-refractivity contribution in [3.05, 3.63) is 36.9 Å². The molecule has 0 spiro atoms. The van der Waals surface area contributed by atoms with E-state index in [1.54, 1.807) is 26.4 Å². The maximum atomic E-state index is 12.4. The van der Waals surface area contributed by atoms with Gasteiger partial charge >= 0.3 is 6.03 Å². The topological polar surface area (TPSA) is 97.0 Å². The van der Waals surface area contributed by atoms with E-state index in [-0.39, 0.29) is 29.2 Å². The van der Waals surface area contributed by atoms with Crippen LogP contribution < -0.4 is 10.6 Å². The van der Waals surface area contributed by atoms with Crippen molar-refractivity contribution in [2.24, 2.45) is 5.41 Å². The monoisotopic (exact) mass is 441 g/mol. The third-order valence-electron chi connectivity index (χ3n) is 4.75. The van der Waals surface area contributed by atoms with Gasteiger partial charge in [-0.05, 0) is 48.9 Å². The smallest absolute Gasteiger partial charge is 0.319 e. The van der Waals surface area contributed by atoms with Gasteiger partial charge in [-0.1, -0.05) is 19.9 Å². The van der Waals surface area contributed by atoms with E-state index in [0.717, 1.165) is 19.3 Å². The van der Waals surface area contributed by atoms with E-state index in [9.17, 15) is 13.2 Å². The molecule has 1 aromatic rings. The van der Waals surface area contributed by atoms with Crippen molar-refractivity contribution in [3.8, 4) is 0 Å². The Balaban J connectivity index is 2.54. The van der Waals surface area contributed by atoms with Crippen LogP contribution in [0, 0.1) is 5.41 Å². The van der Waals surface area contributed by atoms with E-state index in [2.05, 4.69) is 31.1 Å². The molecule has 0 aromatic heterocycles. The van der Waals surface area contributed by atoms with Crippen molar-refractivity contribution in [1.82, 2.24) is 9.62 Å². The van der Waals surface area contributed by atoms with Crippen LogP contribution >= 0.6 is 0 Å². The largest absolute Gasteiger partial charge is 0.356 e. The Morgan fingerprint density at radius 2 is 1.83 bits per heavy atom. The van der Waals surface area contributed by atoms with Crippen LogP contribution in [0.4, 0.5) is 10.5 Å². The van der Waals surface area contributed by atoms with Gasteiger partial charge in [0.15, 0.2) is 6.29 Å². The lowest BCUT2D eigenvalue weighted by Gasteiger charge is -2.26. The number of likely N-dealkylation sites (N-methyl/N-ethyl adjacent to an activating group) is 1. The van der Waals surface area contributed by atoms with Crippen molar-refractivity contribution in [1.29, 1.82) is 0 Å². The van der Waals surface area contributed by atoms with Crippen LogP contribution in [0.1, 0.15) is 33.1 Å². The summed E-state index contributed by atoms with van der Waals surface area (Å²) in [6, 6.07) is 5.73. The molecular weight excluding hydrogens is 406 g/mol. The van der Waals surface area contributed by atoms with Crippen LogP contribution in [0.15, 0.2) is 41.8 Å². The zero-order valence-corrected chi connectivity index (χ0v) is 19.4. The minimum Gasteiger partial charge on any atom is -0.356 e. The number of sulfonamides is 1. The summed E-state index contributed by atoms with van der Waals surface area (Å²) in [6.45, 7) is 8.44. The number of urea groups is 1. The number of rotatable bonds is 13. The van der Waals surface area contributed by atoms with Gasteiger partial charge in [0.05, 0.1) is 4.90 Å². The third kappa shape index (κ3) is 8.43. The van der Waals surface area contributed by atoms with Gasteiger partial charge in [0, 0.05) is 40.0 Å². The Labute approximate surface area is 180 Å². The van der Waals surface area contributed by atoms with E-state index in [0.29, 0.717) is 12.2 Å². The first-order valence-electron chi connectivity index (χ1n) is 9.83. The molecule has 0 fully saturated rings. The molecule has 2 amide bonds. The number of methoxy groups -OCH3 is 2. The van der Waals surface area contributed by atoms with Crippen molar-refractivity contribution in [2.45, 2.75) is 44.3 Å². The summed E-state index contributed by atoms with van der Waals surface area (Å²) in [5.41, 5.74) is 0.426. The summed E-state index contributed by atoms with van der Waals surface area (Å²) < 4.78 is 36.4. The number of anilines is 1. The summed E-state index contributed by atoms with van der Waals surface area (Å²) in [4.78, 5) is 12.4. The molecule has 0 saturated heterocycles. The number of nitrogens with zero attached hydrogens (tertiary/aromatic N) is 1. The normalized spacial score (nSPS) is 12.2. The number of amides is 2. The lowest BCUT2D eigenvalue weighted by Crippen LogP contribution is -2.36. The van der Waals surface area contributed by atoms with Gasteiger partial charge in [-0.3, -0.25) is 0 Å². The van der Waals surface area contributed by atoms with Gasteiger partial charge in [-0.15, -0.1) is 6.58 Å². The highest BCUT2D eigenvalue weighted by atomic mass is 32.2. The third-order valence-corrected chi connectivity index (χ3v) is 6.59. The average molecular weight is 442 g/mol. The van der Waals surface area contributed by atoms with E-state index in [4.69, 9.17) is 9.47 Å². The Morgan fingerprint density at radius 3 is 2.37 bits per heavy atom. The average Bonchev–Trinajstić information content (AvgIpc) is 2.70. The van der Waals surface area contributed by atoms with Gasteiger partial charge in [0.1, 0.15) is 0 Å². The molecule has 0 heterocycles. The van der Waals surface area contributed by atoms with Gasteiger partial charge in [-0.25, -0.2) is 13.2 Å². The van der Waals surface area contributed by atoms with Gasteiger partial charge in [0.25, 0.3) is 0 Å². The molecule has 170 valence electrons. The number of nitrogens with one attached hydrogen (secondary N) is 2. The fourth-order valence-electron chi connectivity index (χ4n) is 2.83. The molecule has 30 heavy (non-hydrogen) atoms.